The Hall–Kier alpha value is -1.91. The summed E-state index contributed by atoms with van der Waals surface area (Å²) in [6.07, 6.45) is 0. The molecule has 20 heavy (non-hydrogen) atoms. The summed E-state index contributed by atoms with van der Waals surface area (Å²) in [5.74, 6) is 0.0479. The maximum Gasteiger partial charge on any atom is 0.259 e. The average molecular weight is 311 g/mol. The fourth-order valence-corrected chi connectivity index (χ4v) is 2.07. The number of ether oxygens (including phenoxy) is 1. The molecular weight excluding hydrogens is 299 g/mol. The van der Waals surface area contributed by atoms with E-state index in [1.807, 2.05) is 0 Å². The first kappa shape index (κ1) is 14.5. The lowest BCUT2D eigenvalue weighted by atomic mass is 10.2. The number of methoxy groups -OCH3 is 1. The third kappa shape index (κ3) is 3.15. The molecule has 6 heteroatoms. The zero-order chi connectivity index (χ0) is 14.7. The minimum atomic E-state index is -0.342. The summed E-state index contributed by atoms with van der Waals surface area (Å²) in [5, 5.41) is 3.56. The lowest BCUT2D eigenvalue weighted by Gasteiger charge is -2.11. The Morgan fingerprint density at radius 3 is 2.60 bits per heavy atom. The van der Waals surface area contributed by atoms with E-state index in [9.17, 15) is 4.79 Å². The maximum absolute atomic E-state index is 12.2. The van der Waals surface area contributed by atoms with E-state index in [-0.39, 0.29) is 5.91 Å². The van der Waals surface area contributed by atoms with Crippen LogP contribution in [0.3, 0.4) is 0 Å². The molecule has 0 atom stereocenters. The number of carbonyl (C=O) groups is 1. The Bertz CT molecular complexity index is 660. The van der Waals surface area contributed by atoms with E-state index in [1.54, 1.807) is 36.4 Å². The normalized spacial score (nSPS) is 10.2. The van der Waals surface area contributed by atoms with Crippen molar-refractivity contribution in [1.82, 2.24) is 0 Å². The van der Waals surface area contributed by atoms with E-state index in [1.165, 1.54) is 7.11 Å². The Balaban J connectivity index is 2.28. The summed E-state index contributed by atoms with van der Waals surface area (Å²) in [4.78, 5) is 12.2. The summed E-state index contributed by atoms with van der Waals surface area (Å²) in [6.45, 7) is 0. The molecule has 0 fully saturated rings. The number of nitrogens with two attached hydrogens (primary N) is 1. The molecule has 0 saturated carbocycles. The Morgan fingerprint density at radius 2 is 1.95 bits per heavy atom. The molecule has 1 amide bonds. The number of nitrogens with one attached hydrogen (secondary N) is 1. The van der Waals surface area contributed by atoms with Crippen LogP contribution < -0.4 is 15.8 Å². The van der Waals surface area contributed by atoms with Gasteiger partial charge in [-0.25, -0.2) is 0 Å². The van der Waals surface area contributed by atoms with Gasteiger partial charge in [0.25, 0.3) is 5.91 Å². The van der Waals surface area contributed by atoms with E-state index in [2.05, 4.69) is 5.32 Å². The van der Waals surface area contributed by atoms with Gasteiger partial charge in [-0.05, 0) is 36.4 Å². The number of hydrogen-bond donors (Lipinski definition) is 2. The predicted octanol–water partition coefficient (Wildman–Crippen LogP) is 3.84. The molecule has 0 aromatic heterocycles. The minimum absolute atomic E-state index is 0.342. The van der Waals surface area contributed by atoms with Crippen LogP contribution in [0.1, 0.15) is 10.4 Å². The van der Waals surface area contributed by atoms with Crippen molar-refractivity contribution in [2.45, 2.75) is 0 Å². The van der Waals surface area contributed by atoms with Gasteiger partial charge in [0, 0.05) is 10.7 Å². The van der Waals surface area contributed by atoms with Gasteiger partial charge in [0.05, 0.1) is 23.4 Å². The fourth-order valence-electron chi connectivity index (χ4n) is 1.68. The Morgan fingerprint density at radius 1 is 1.20 bits per heavy atom. The highest BCUT2D eigenvalue weighted by Crippen LogP contribution is 2.27. The van der Waals surface area contributed by atoms with Crippen LogP contribution in [0.4, 0.5) is 11.4 Å². The van der Waals surface area contributed by atoms with Crippen LogP contribution in [-0.2, 0) is 0 Å². The topological polar surface area (TPSA) is 64.3 Å². The summed E-state index contributed by atoms with van der Waals surface area (Å²) in [7, 11) is 1.47. The first-order chi connectivity index (χ1) is 9.51. The van der Waals surface area contributed by atoms with Crippen LogP contribution in [0.2, 0.25) is 10.0 Å². The molecule has 0 aliphatic rings. The Kier molecular flexibility index (Phi) is 4.37. The molecular formula is C14H12Cl2N2O2. The number of rotatable bonds is 3. The van der Waals surface area contributed by atoms with Crippen molar-refractivity contribution in [2.24, 2.45) is 0 Å². The highest BCUT2D eigenvalue weighted by atomic mass is 35.5. The molecule has 3 N–H and O–H groups in total. The van der Waals surface area contributed by atoms with Crippen LogP contribution in [0.15, 0.2) is 36.4 Å². The molecule has 0 heterocycles. The van der Waals surface area contributed by atoms with Gasteiger partial charge in [-0.1, -0.05) is 23.2 Å². The van der Waals surface area contributed by atoms with Crippen LogP contribution in [-0.4, -0.2) is 13.0 Å². The lowest BCUT2D eigenvalue weighted by Crippen LogP contribution is -2.13. The summed E-state index contributed by atoms with van der Waals surface area (Å²) >= 11 is 11.9. The van der Waals surface area contributed by atoms with Crippen molar-refractivity contribution in [3.8, 4) is 5.75 Å². The van der Waals surface area contributed by atoms with E-state index >= 15 is 0 Å². The van der Waals surface area contributed by atoms with Crippen molar-refractivity contribution < 1.29 is 9.53 Å². The molecule has 0 aliphatic heterocycles. The number of amides is 1. The molecule has 2 aromatic carbocycles. The smallest absolute Gasteiger partial charge is 0.259 e. The predicted molar refractivity (Wildman–Crippen MR) is 81.8 cm³/mol. The lowest BCUT2D eigenvalue weighted by molar-refractivity contribution is 0.102. The van der Waals surface area contributed by atoms with Crippen LogP contribution >= 0.6 is 23.2 Å². The highest BCUT2D eigenvalue weighted by molar-refractivity contribution is 6.34. The van der Waals surface area contributed by atoms with Crippen molar-refractivity contribution in [2.75, 3.05) is 18.2 Å². The molecule has 0 bridgehead atoms. The van der Waals surface area contributed by atoms with Gasteiger partial charge in [-0.3, -0.25) is 4.79 Å². The molecule has 0 saturated heterocycles. The van der Waals surface area contributed by atoms with E-state index in [0.29, 0.717) is 32.7 Å². The average Bonchev–Trinajstić information content (AvgIpc) is 2.41. The molecule has 0 radical (unpaired) electrons. The first-order valence-corrected chi connectivity index (χ1v) is 6.47. The molecule has 2 aromatic rings. The molecule has 4 nitrogen and oxygen atoms in total. The summed E-state index contributed by atoms with van der Waals surface area (Å²) < 4.78 is 5.14. The monoisotopic (exact) mass is 310 g/mol. The Labute approximate surface area is 126 Å². The van der Waals surface area contributed by atoms with E-state index in [4.69, 9.17) is 33.7 Å². The SMILES string of the molecule is COc1cc(Cl)ccc1C(=O)Nc1ccc(N)cc1Cl. The van der Waals surface area contributed by atoms with Gasteiger partial charge in [0.2, 0.25) is 0 Å². The van der Waals surface area contributed by atoms with Gasteiger partial charge < -0.3 is 15.8 Å². The molecule has 2 rings (SSSR count). The third-order valence-electron chi connectivity index (χ3n) is 2.65. The number of carbonyl (C=O) groups excluding carboxylic acids is 1. The van der Waals surface area contributed by atoms with E-state index in [0.717, 1.165) is 0 Å². The second-order valence-electron chi connectivity index (χ2n) is 4.04. The van der Waals surface area contributed by atoms with Crippen molar-refractivity contribution >= 4 is 40.5 Å². The summed E-state index contributed by atoms with van der Waals surface area (Å²) in [5.41, 5.74) is 6.97. The second kappa shape index (κ2) is 6.03. The molecule has 0 aliphatic carbocycles. The summed E-state index contributed by atoms with van der Waals surface area (Å²) in [6, 6.07) is 9.63. The number of anilines is 2. The minimum Gasteiger partial charge on any atom is -0.496 e. The number of benzene rings is 2. The van der Waals surface area contributed by atoms with Crippen LogP contribution in [0.25, 0.3) is 0 Å². The largest absolute Gasteiger partial charge is 0.496 e. The zero-order valence-electron chi connectivity index (χ0n) is 10.6. The number of hydrogen-bond acceptors (Lipinski definition) is 3. The third-order valence-corrected chi connectivity index (χ3v) is 3.20. The van der Waals surface area contributed by atoms with Gasteiger partial charge in [0.1, 0.15) is 5.75 Å². The van der Waals surface area contributed by atoms with Gasteiger partial charge >= 0.3 is 0 Å². The molecule has 0 unspecified atom stereocenters. The zero-order valence-corrected chi connectivity index (χ0v) is 12.1. The highest BCUT2D eigenvalue weighted by Gasteiger charge is 2.14. The number of halogens is 2. The van der Waals surface area contributed by atoms with Crippen molar-refractivity contribution in [3.05, 3.63) is 52.0 Å². The van der Waals surface area contributed by atoms with Crippen LogP contribution in [0, 0.1) is 0 Å². The molecule has 104 valence electrons. The maximum atomic E-state index is 12.2. The van der Waals surface area contributed by atoms with Gasteiger partial charge in [-0.15, -0.1) is 0 Å². The van der Waals surface area contributed by atoms with Gasteiger partial charge in [0.15, 0.2) is 0 Å². The first-order valence-electron chi connectivity index (χ1n) is 5.71. The standard InChI is InChI=1S/C14H12Cl2N2O2/c1-20-13-6-8(15)2-4-10(13)14(19)18-12-5-3-9(17)7-11(12)16/h2-7H,17H2,1H3,(H,18,19). The molecule has 0 spiro atoms. The van der Waals surface area contributed by atoms with E-state index < -0.39 is 0 Å². The van der Waals surface area contributed by atoms with Crippen molar-refractivity contribution in [3.63, 3.8) is 0 Å². The number of nitrogen functional groups attached to an aromatic ring is 1. The van der Waals surface area contributed by atoms with Crippen LogP contribution in [0.5, 0.6) is 5.75 Å². The van der Waals surface area contributed by atoms with Gasteiger partial charge in [-0.2, -0.15) is 0 Å². The quantitative estimate of drug-likeness (QED) is 0.847. The van der Waals surface area contributed by atoms with Crippen molar-refractivity contribution in [1.29, 1.82) is 0 Å². The second-order valence-corrected chi connectivity index (χ2v) is 4.88. The fraction of sp³-hybridized carbons (Fsp3) is 0.0714.